The van der Waals surface area contributed by atoms with Crippen LogP contribution >= 0.6 is 11.3 Å². The topological polar surface area (TPSA) is 29.1 Å². The Balaban J connectivity index is 2.18. The van der Waals surface area contributed by atoms with Gasteiger partial charge in [0.1, 0.15) is 5.82 Å². The average Bonchev–Trinajstić information content (AvgIpc) is 2.88. The smallest absolute Gasteiger partial charge is 0.348 e. The molecule has 0 aliphatic heterocycles. The molecule has 0 fully saturated rings. The number of rotatable bonds is 3. The van der Waals surface area contributed by atoms with Gasteiger partial charge in [0.25, 0.3) is 5.91 Å². The molecule has 2 aromatic rings. The molecule has 2 rings (SSSR count). The predicted octanol–water partition coefficient (Wildman–Crippen LogP) is 3.84. The molecular formula is C13H9F4NOS. The molecule has 1 amide bonds. The van der Waals surface area contributed by atoms with Crippen molar-refractivity contribution in [2.24, 2.45) is 0 Å². The van der Waals surface area contributed by atoms with Crippen molar-refractivity contribution in [2.45, 2.75) is 12.7 Å². The second-order valence-electron chi connectivity index (χ2n) is 3.98. The number of hydrogen-bond acceptors (Lipinski definition) is 2. The molecule has 7 heteroatoms. The number of nitrogens with one attached hydrogen (secondary N) is 1. The van der Waals surface area contributed by atoms with Gasteiger partial charge in [0.2, 0.25) is 0 Å². The first kappa shape index (κ1) is 14.5. The van der Waals surface area contributed by atoms with Crippen LogP contribution in [0.2, 0.25) is 0 Å². The summed E-state index contributed by atoms with van der Waals surface area (Å²) in [5.74, 6) is -2.43. The molecule has 0 saturated carbocycles. The minimum Gasteiger partial charge on any atom is -0.348 e. The van der Waals surface area contributed by atoms with E-state index in [-0.39, 0.29) is 6.54 Å². The summed E-state index contributed by atoms with van der Waals surface area (Å²) in [6.45, 7) is 0.137. The third kappa shape index (κ3) is 3.16. The van der Waals surface area contributed by atoms with Crippen molar-refractivity contribution in [2.75, 3.05) is 0 Å². The average molecular weight is 303 g/mol. The van der Waals surface area contributed by atoms with E-state index in [1.807, 2.05) is 0 Å². The number of thiophene rings is 1. The second-order valence-corrected chi connectivity index (χ2v) is 4.76. The standard InChI is InChI=1S/C13H9F4NOS/c14-11-9(2-1-3-10(11)13(15,16)17)12(19)18-6-8-4-5-20-7-8/h1-5,7H,6H2,(H,18,19). The maximum Gasteiger partial charge on any atom is 0.419 e. The predicted molar refractivity (Wildman–Crippen MR) is 66.9 cm³/mol. The number of halogens is 4. The van der Waals surface area contributed by atoms with E-state index in [0.717, 1.165) is 17.7 Å². The van der Waals surface area contributed by atoms with E-state index in [9.17, 15) is 22.4 Å². The number of amides is 1. The second kappa shape index (κ2) is 5.62. The molecule has 106 valence electrons. The van der Waals surface area contributed by atoms with Crippen LogP contribution in [0.25, 0.3) is 0 Å². The minimum absolute atomic E-state index is 0.137. The molecule has 0 bridgehead atoms. The van der Waals surface area contributed by atoms with Crippen LogP contribution in [-0.4, -0.2) is 5.91 Å². The number of carbonyl (C=O) groups is 1. The maximum absolute atomic E-state index is 13.7. The summed E-state index contributed by atoms with van der Waals surface area (Å²) in [5.41, 5.74) is -1.26. The van der Waals surface area contributed by atoms with Gasteiger partial charge in [0.05, 0.1) is 11.1 Å². The van der Waals surface area contributed by atoms with Gasteiger partial charge in [-0.15, -0.1) is 0 Å². The highest BCUT2D eigenvalue weighted by Gasteiger charge is 2.35. The molecule has 0 aliphatic carbocycles. The first-order chi connectivity index (χ1) is 9.39. The van der Waals surface area contributed by atoms with E-state index in [4.69, 9.17) is 0 Å². The Kier molecular flexibility index (Phi) is 4.08. The lowest BCUT2D eigenvalue weighted by atomic mass is 10.1. The van der Waals surface area contributed by atoms with Crippen molar-refractivity contribution in [3.63, 3.8) is 0 Å². The molecule has 0 spiro atoms. The molecule has 2 nitrogen and oxygen atoms in total. The zero-order chi connectivity index (χ0) is 14.8. The van der Waals surface area contributed by atoms with Crippen LogP contribution in [0.3, 0.4) is 0 Å². The van der Waals surface area contributed by atoms with Gasteiger partial charge in [0, 0.05) is 6.54 Å². The molecule has 0 aliphatic rings. The van der Waals surface area contributed by atoms with E-state index in [0.29, 0.717) is 6.07 Å². The molecule has 0 saturated heterocycles. The number of benzene rings is 1. The largest absolute Gasteiger partial charge is 0.419 e. The highest BCUT2D eigenvalue weighted by Crippen LogP contribution is 2.32. The molecule has 1 N–H and O–H groups in total. The summed E-state index contributed by atoms with van der Waals surface area (Å²) in [6.07, 6.45) is -4.83. The third-order valence-corrected chi connectivity index (χ3v) is 3.31. The highest BCUT2D eigenvalue weighted by atomic mass is 32.1. The van der Waals surface area contributed by atoms with Crippen molar-refractivity contribution >= 4 is 17.2 Å². The van der Waals surface area contributed by atoms with Crippen LogP contribution in [0.5, 0.6) is 0 Å². The molecule has 1 aromatic carbocycles. The zero-order valence-electron chi connectivity index (χ0n) is 10.00. The van der Waals surface area contributed by atoms with Crippen molar-refractivity contribution in [1.82, 2.24) is 5.32 Å². The maximum atomic E-state index is 13.7. The first-order valence-electron chi connectivity index (χ1n) is 5.54. The van der Waals surface area contributed by atoms with Gasteiger partial charge in [-0.25, -0.2) is 4.39 Å². The molecule has 0 atom stereocenters. The monoisotopic (exact) mass is 303 g/mol. The van der Waals surface area contributed by atoms with Gasteiger partial charge in [0.15, 0.2) is 0 Å². The van der Waals surface area contributed by atoms with Crippen LogP contribution < -0.4 is 5.32 Å². The van der Waals surface area contributed by atoms with Gasteiger partial charge < -0.3 is 5.32 Å². The summed E-state index contributed by atoms with van der Waals surface area (Å²) < 4.78 is 51.3. The Labute approximate surface area is 116 Å². The van der Waals surface area contributed by atoms with Crippen LogP contribution in [0.1, 0.15) is 21.5 Å². The summed E-state index contributed by atoms with van der Waals surface area (Å²) in [4.78, 5) is 11.7. The van der Waals surface area contributed by atoms with Crippen molar-refractivity contribution in [3.05, 3.63) is 57.5 Å². The normalized spacial score (nSPS) is 11.4. The fourth-order valence-corrected chi connectivity index (χ4v) is 2.27. The van der Waals surface area contributed by atoms with Gasteiger partial charge in [-0.1, -0.05) is 6.07 Å². The van der Waals surface area contributed by atoms with Crippen LogP contribution in [0.15, 0.2) is 35.0 Å². The molecule has 1 heterocycles. The van der Waals surface area contributed by atoms with E-state index < -0.39 is 29.0 Å². The van der Waals surface area contributed by atoms with Gasteiger partial charge in [-0.05, 0) is 34.5 Å². The highest BCUT2D eigenvalue weighted by molar-refractivity contribution is 7.07. The zero-order valence-corrected chi connectivity index (χ0v) is 10.8. The van der Waals surface area contributed by atoms with E-state index in [2.05, 4.69) is 5.32 Å². The van der Waals surface area contributed by atoms with E-state index in [1.165, 1.54) is 11.3 Å². The number of alkyl halides is 3. The van der Waals surface area contributed by atoms with Crippen LogP contribution in [0.4, 0.5) is 17.6 Å². The molecule has 0 radical (unpaired) electrons. The van der Waals surface area contributed by atoms with E-state index >= 15 is 0 Å². The Morgan fingerprint density at radius 3 is 2.60 bits per heavy atom. The van der Waals surface area contributed by atoms with Crippen molar-refractivity contribution in [3.8, 4) is 0 Å². The first-order valence-corrected chi connectivity index (χ1v) is 6.49. The Hall–Kier alpha value is -1.89. The Morgan fingerprint density at radius 2 is 2.00 bits per heavy atom. The fourth-order valence-electron chi connectivity index (χ4n) is 1.60. The quantitative estimate of drug-likeness (QED) is 0.858. The van der Waals surface area contributed by atoms with Crippen molar-refractivity contribution < 1.29 is 22.4 Å². The minimum atomic E-state index is -4.83. The molecule has 20 heavy (non-hydrogen) atoms. The van der Waals surface area contributed by atoms with Gasteiger partial charge in [-0.2, -0.15) is 24.5 Å². The lowest BCUT2D eigenvalue weighted by Crippen LogP contribution is -2.24. The summed E-state index contributed by atoms with van der Waals surface area (Å²) in [6, 6.07) is 4.39. The Morgan fingerprint density at radius 1 is 1.25 bits per heavy atom. The lowest BCUT2D eigenvalue weighted by Gasteiger charge is -2.11. The molecule has 0 unspecified atom stereocenters. The fraction of sp³-hybridized carbons (Fsp3) is 0.154. The van der Waals surface area contributed by atoms with E-state index in [1.54, 1.807) is 16.8 Å². The molecular weight excluding hydrogens is 294 g/mol. The van der Waals surface area contributed by atoms with Crippen molar-refractivity contribution in [1.29, 1.82) is 0 Å². The van der Waals surface area contributed by atoms with Crippen LogP contribution in [0, 0.1) is 5.82 Å². The summed E-state index contributed by atoms with van der Waals surface area (Å²) in [5, 5.41) is 5.96. The summed E-state index contributed by atoms with van der Waals surface area (Å²) >= 11 is 1.42. The SMILES string of the molecule is O=C(NCc1ccsc1)c1cccc(C(F)(F)F)c1F. The number of hydrogen-bond donors (Lipinski definition) is 1. The molecule has 1 aromatic heterocycles. The summed E-state index contributed by atoms with van der Waals surface area (Å²) in [7, 11) is 0. The number of carbonyl (C=O) groups excluding carboxylic acids is 1. The van der Waals surface area contributed by atoms with Crippen LogP contribution in [-0.2, 0) is 12.7 Å². The van der Waals surface area contributed by atoms with Gasteiger partial charge >= 0.3 is 6.18 Å². The van der Waals surface area contributed by atoms with Gasteiger partial charge in [-0.3, -0.25) is 4.79 Å². The third-order valence-electron chi connectivity index (χ3n) is 2.58. The Bertz CT molecular complexity index is 607. The lowest BCUT2D eigenvalue weighted by molar-refractivity contribution is -0.140.